The SMILES string of the molecule is CCNC(=NCC1(C)CCCO1)NCCCCN1CCCCC1C. The number of piperidine rings is 1. The van der Waals surface area contributed by atoms with Crippen molar-refractivity contribution in [1.29, 1.82) is 0 Å². The fraction of sp³-hybridized carbons (Fsp3) is 0.947. The standard InChI is InChI=1S/C19H38N4O/c1-4-20-18(22-16-19(3)11-9-15-24-19)21-12-6-8-14-23-13-7-5-10-17(23)2/h17H,4-16H2,1-3H3,(H2,20,21,22). The summed E-state index contributed by atoms with van der Waals surface area (Å²) >= 11 is 0. The van der Waals surface area contributed by atoms with E-state index in [1.54, 1.807) is 0 Å². The Morgan fingerprint density at radius 1 is 1.25 bits per heavy atom. The Bertz CT molecular complexity index is 380. The predicted molar refractivity (Wildman–Crippen MR) is 102 cm³/mol. The zero-order valence-corrected chi connectivity index (χ0v) is 16.1. The molecular formula is C19H38N4O. The maximum absolute atomic E-state index is 5.82. The van der Waals surface area contributed by atoms with E-state index in [-0.39, 0.29) is 5.60 Å². The summed E-state index contributed by atoms with van der Waals surface area (Å²) in [4.78, 5) is 7.38. The lowest BCUT2D eigenvalue weighted by molar-refractivity contribution is 0.0283. The predicted octanol–water partition coefficient (Wildman–Crippen LogP) is 2.77. The van der Waals surface area contributed by atoms with Crippen LogP contribution in [0.25, 0.3) is 0 Å². The fourth-order valence-corrected chi connectivity index (χ4v) is 3.69. The molecule has 140 valence electrons. The summed E-state index contributed by atoms with van der Waals surface area (Å²) in [5, 5.41) is 6.82. The molecule has 2 unspecified atom stereocenters. The van der Waals surface area contributed by atoms with Crippen molar-refractivity contribution in [1.82, 2.24) is 15.5 Å². The van der Waals surface area contributed by atoms with Crippen molar-refractivity contribution >= 4 is 5.96 Å². The van der Waals surface area contributed by atoms with E-state index >= 15 is 0 Å². The van der Waals surface area contributed by atoms with Gasteiger partial charge < -0.3 is 20.3 Å². The van der Waals surface area contributed by atoms with E-state index in [9.17, 15) is 0 Å². The van der Waals surface area contributed by atoms with Gasteiger partial charge in [0.2, 0.25) is 0 Å². The first kappa shape index (κ1) is 19.5. The van der Waals surface area contributed by atoms with Crippen molar-refractivity contribution in [2.45, 2.75) is 77.4 Å². The molecule has 2 atom stereocenters. The molecular weight excluding hydrogens is 300 g/mol. The second kappa shape index (κ2) is 10.2. The molecule has 2 heterocycles. The Balaban J connectivity index is 1.63. The quantitative estimate of drug-likeness (QED) is 0.406. The topological polar surface area (TPSA) is 48.9 Å². The first-order valence-electron chi connectivity index (χ1n) is 10.0. The molecule has 2 aliphatic rings. The van der Waals surface area contributed by atoms with Crippen LogP contribution in [0.1, 0.15) is 65.7 Å². The fourth-order valence-electron chi connectivity index (χ4n) is 3.69. The van der Waals surface area contributed by atoms with Crippen LogP contribution in [-0.4, -0.2) is 61.8 Å². The van der Waals surface area contributed by atoms with E-state index in [4.69, 9.17) is 9.73 Å². The van der Waals surface area contributed by atoms with Crippen molar-refractivity contribution in [3.63, 3.8) is 0 Å². The molecule has 0 amide bonds. The average Bonchev–Trinajstić information content (AvgIpc) is 3.01. The minimum absolute atomic E-state index is 0.0627. The summed E-state index contributed by atoms with van der Waals surface area (Å²) in [6.45, 7) is 12.7. The second-order valence-electron chi connectivity index (χ2n) is 7.61. The Morgan fingerprint density at radius 2 is 2.12 bits per heavy atom. The number of aliphatic imine (C=N–C) groups is 1. The number of hydrogen-bond acceptors (Lipinski definition) is 3. The van der Waals surface area contributed by atoms with Crippen molar-refractivity contribution in [3.8, 4) is 0 Å². The first-order valence-corrected chi connectivity index (χ1v) is 10.0. The van der Waals surface area contributed by atoms with Gasteiger partial charge in [-0.25, -0.2) is 0 Å². The maximum atomic E-state index is 5.82. The number of unbranched alkanes of at least 4 members (excludes halogenated alkanes) is 1. The van der Waals surface area contributed by atoms with E-state index in [2.05, 4.69) is 36.3 Å². The zero-order chi connectivity index (χ0) is 17.3. The number of guanidine groups is 1. The third-order valence-corrected chi connectivity index (χ3v) is 5.32. The number of nitrogens with zero attached hydrogens (tertiary/aromatic N) is 2. The number of ether oxygens (including phenoxy) is 1. The Kier molecular flexibility index (Phi) is 8.33. The summed E-state index contributed by atoms with van der Waals surface area (Å²) < 4.78 is 5.82. The summed E-state index contributed by atoms with van der Waals surface area (Å²) in [6, 6.07) is 0.776. The zero-order valence-electron chi connectivity index (χ0n) is 16.1. The van der Waals surface area contributed by atoms with Crippen LogP contribution >= 0.6 is 0 Å². The van der Waals surface area contributed by atoms with Crippen LogP contribution in [0.15, 0.2) is 4.99 Å². The van der Waals surface area contributed by atoms with Gasteiger partial charge in [-0.15, -0.1) is 0 Å². The van der Waals surface area contributed by atoms with E-state index in [1.165, 1.54) is 45.2 Å². The van der Waals surface area contributed by atoms with Gasteiger partial charge >= 0.3 is 0 Å². The molecule has 24 heavy (non-hydrogen) atoms. The van der Waals surface area contributed by atoms with Crippen molar-refractivity contribution < 1.29 is 4.74 Å². The minimum atomic E-state index is -0.0627. The van der Waals surface area contributed by atoms with Gasteiger partial charge in [0, 0.05) is 25.7 Å². The normalized spacial score (nSPS) is 29.0. The van der Waals surface area contributed by atoms with Crippen LogP contribution in [0.2, 0.25) is 0 Å². The van der Waals surface area contributed by atoms with Gasteiger partial charge in [0.05, 0.1) is 12.1 Å². The lowest BCUT2D eigenvalue weighted by atomic mass is 10.0. The Morgan fingerprint density at radius 3 is 2.83 bits per heavy atom. The number of hydrogen-bond donors (Lipinski definition) is 2. The highest BCUT2D eigenvalue weighted by Gasteiger charge is 2.29. The van der Waals surface area contributed by atoms with Crippen LogP contribution < -0.4 is 10.6 Å². The maximum Gasteiger partial charge on any atom is 0.191 e. The average molecular weight is 339 g/mol. The molecule has 2 N–H and O–H groups in total. The van der Waals surface area contributed by atoms with Gasteiger partial charge in [-0.3, -0.25) is 4.99 Å². The number of nitrogens with one attached hydrogen (secondary N) is 2. The minimum Gasteiger partial charge on any atom is -0.373 e. The molecule has 2 rings (SSSR count). The molecule has 0 aromatic heterocycles. The highest BCUT2D eigenvalue weighted by Crippen LogP contribution is 2.25. The highest BCUT2D eigenvalue weighted by atomic mass is 16.5. The third-order valence-electron chi connectivity index (χ3n) is 5.32. The van der Waals surface area contributed by atoms with E-state index in [1.807, 2.05) is 0 Å². The molecule has 0 radical (unpaired) electrons. The monoisotopic (exact) mass is 338 g/mol. The molecule has 0 bridgehead atoms. The summed E-state index contributed by atoms with van der Waals surface area (Å²) in [5.41, 5.74) is -0.0627. The smallest absolute Gasteiger partial charge is 0.191 e. The molecule has 0 aromatic rings. The van der Waals surface area contributed by atoms with E-state index < -0.39 is 0 Å². The van der Waals surface area contributed by atoms with Crippen molar-refractivity contribution in [2.24, 2.45) is 4.99 Å². The molecule has 2 aliphatic heterocycles. The lowest BCUT2D eigenvalue weighted by Gasteiger charge is -2.33. The lowest BCUT2D eigenvalue weighted by Crippen LogP contribution is -2.40. The van der Waals surface area contributed by atoms with Gasteiger partial charge in [-0.1, -0.05) is 6.42 Å². The Hall–Kier alpha value is -0.810. The van der Waals surface area contributed by atoms with Gasteiger partial charge in [-0.05, 0) is 72.4 Å². The van der Waals surface area contributed by atoms with Crippen LogP contribution in [0.4, 0.5) is 0 Å². The molecule has 2 fully saturated rings. The summed E-state index contributed by atoms with van der Waals surface area (Å²) in [6.07, 6.45) is 8.88. The van der Waals surface area contributed by atoms with Crippen LogP contribution in [-0.2, 0) is 4.74 Å². The van der Waals surface area contributed by atoms with Gasteiger partial charge in [0.25, 0.3) is 0 Å². The van der Waals surface area contributed by atoms with Crippen molar-refractivity contribution in [3.05, 3.63) is 0 Å². The van der Waals surface area contributed by atoms with Crippen LogP contribution in [0.5, 0.6) is 0 Å². The molecule has 5 nitrogen and oxygen atoms in total. The van der Waals surface area contributed by atoms with Gasteiger partial charge in [0.15, 0.2) is 5.96 Å². The second-order valence-corrected chi connectivity index (χ2v) is 7.61. The first-order chi connectivity index (χ1) is 11.6. The summed E-state index contributed by atoms with van der Waals surface area (Å²) in [5.74, 6) is 0.931. The van der Waals surface area contributed by atoms with Crippen LogP contribution in [0, 0.1) is 0 Å². The summed E-state index contributed by atoms with van der Waals surface area (Å²) in [7, 11) is 0. The third kappa shape index (κ3) is 6.60. The molecule has 0 aromatic carbocycles. The number of rotatable bonds is 8. The number of likely N-dealkylation sites (tertiary alicyclic amines) is 1. The van der Waals surface area contributed by atoms with Gasteiger partial charge in [0.1, 0.15) is 0 Å². The highest BCUT2D eigenvalue weighted by molar-refractivity contribution is 5.79. The van der Waals surface area contributed by atoms with E-state index in [0.29, 0.717) is 0 Å². The molecule has 0 saturated carbocycles. The largest absolute Gasteiger partial charge is 0.373 e. The van der Waals surface area contributed by atoms with Crippen molar-refractivity contribution in [2.75, 3.05) is 39.3 Å². The molecule has 0 spiro atoms. The Labute approximate surface area is 148 Å². The molecule has 0 aliphatic carbocycles. The molecule has 5 heteroatoms. The van der Waals surface area contributed by atoms with Crippen LogP contribution in [0.3, 0.4) is 0 Å². The molecule has 2 saturated heterocycles. The van der Waals surface area contributed by atoms with Gasteiger partial charge in [-0.2, -0.15) is 0 Å². The van der Waals surface area contributed by atoms with E-state index in [0.717, 1.165) is 51.1 Å².